The lowest BCUT2D eigenvalue weighted by atomic mass is 10.3. The van der Waals surface area contributed by atoms with Crippen LogP contribution in [-0.4, -0.2) is 54.7 Å². The molecule has 0 aliphatic carbocycles. The zero-order chi connectivity index (χ0) is 17.9. The van der Waals surface area contributed by atoms with E-state index in [1.165, 1.54) is 23.2 Å². The molecule has 0 bridgehead atoms. The van der Waals surface area contributed by atoms with E-state index in [0.29, 0.717) is 6.29 Å². The number of rotatable bonds is 6. The fraction of sp³-hybridized carbons (Fsp3) is 0.154. The Morgan fingerprint density at radius 2 is 2.04 bits per heavy atom. The van der Waals surface area contributed by atoms with Crippen LogP contribution in [0.2, 0.25) is 0 Å². The van der Waals surface area contributed by atoms with Crippen molar-refractivity contribution in [1.29, 1.82) is 0 Å². The first-order valence-electron chi connectivity index (χ1n) is 6.51. The van der Waals surface area contributed by atoms with Crippen LogP contribution < -0.4 is 0 Å². The molecule has 24 heavy (non-hydrogen) atoms. The summed E-state index contributed by atoms with van der Waals surface area (Å²) >= 11 is 0. The summed E-state index contributed by atoms with van der Waals surface area (Å²) in [6.45, 7) is 0. The van der Waals surface area contributed by atoms with Crippen LogP contribution in [0.3, 0.4) is 0 Å². The highest BCUT2D eigenvalue weighted by Crippen LogP contribution is 2.26. The van der Waals surface area contributed by atoms with Crippen molar-refractivity contribution in [2.75, 3.05) is 14.1 Å². The third-order valence-electron chi connectivity index (χ3n) is 2.83. The Hall–Kier alpha value is -3.08. The van der Waals surface area contributed by atoms with Crippen molar-refractivity contribution in [3.63, 3.8) is 0 Å². The standard InChI is InChI=1S/C13H13N5O5S/c1-16(2)9-14-24(22,23)13-7-11(18(20)21)3-4-12(13)17-6-5-10(8-19)15-17/h3-9H,1-2H3/b14-9+. The predicted molar refractivity (Wildman–Crippen MR) is 85.0 cm³/mol. The minimum atomic E-state index is -4.21. The number of aldehydes is 1. The molecule has 0 spiro atoms. The van der Waals surface area contributed by atoms with Crippen LogP contribution in [0, 0.1) is 10.1 Å². The Balaban J connectivity index is 2.67. The largest absolute Gasteiger partial charge is 0.368 e. The van der Waals surface area contributed by atoms with Gasteiger partial charge in [0.25, 0.3) is 15.7 Å². The van der Waals surface area contributed by atoms with Gasteiger partial charge in [-0.1, -0.05) is 0 Å². The molecule has 126 valence electrons. The average Bonchev–Trinajstić information content (AvgIpc) is 3.01. The second-order valence-corrected chi connectivity index (χ2v) is 6.47. The monoisotopic (exact) mass is 351 g/mol. The summed E-state index contributed by atoms with van der Waals surface area (Å²) in [5.74, 6) is 0. The maximum atomic E-state index is 12.4. The average molecular weight is 351 g/mol. The number of hydrogen-bond acceptors (Lipinski definition) is 6. The van der Waals surface area contributed by atoms with Crippen LogP contribution in [0.15, 0.2) is 39.8 Å². The van der Waals surface area contributed by atoms with E-state index in [1.807, 2.05) is 0 Å². The molecule has 1 heterocycles. The Morgan fingerprint density at radius 3 is 2.58 bits per heavy atom. The maximum Gasteiger partial charge on any atom is 0.286 e. The van der Waals surface area contributed by atoms with Crippen molar-refractivity contribution >= 4 is 28.3 Å². The van der Waals surface area contributed by atoms with Gasteiger partial charge in [-0.2, -0.15) is 13.5 Å². The fourth-order valence-electron chi connectivity index (χ4n) is 1.76. The van der Waals surface area contributed by atoms with Crippen molar-refractivity contribution in [3.05, 3.63) is 46.3 Å². The van der Waals surface area contributed by atoms with E-state index in [4.69, 9.17) is 0 Å². The smallest absolute Gasteiger partial charge is 0.286 e. The Morgan fingerprint density at radius 1 is 1.33 bits per heavy atom. The van der Waals surface area contributed by atoms with Gasteiger partial charge in [-0.05, 0) is 12.1 Å². The molecule has 2 rings (SSSR count). The van der Waals surface area contributed by atoms with E-state index >= 15 is 0 Å². The van der Waals surface area contributed by atoms with Crippen LogP contribution in [0.4, 0.5) is 5.69 Å². The van der Waals surface area contributed by atoms with Gasteiger partial charge in [-0.25, -0.2) is 4.68 Å². The van der Waals surface area contributed by atoms with E-state index < -0.39 is 25.5 Å². The van der Waals surface area contributed by atoms with E-state index in [1.54, 1.807) is 14.1 Å². The predicted octanol–water partition coefficient (Wildman–Crippen LogP) is 0.872. The Kier molecular flexibility index (Phi) is 4.74. The molecule has 1 aromatic heterocycles. The van der Waals surface area contributed by atoms with Gasteiger partial charge in [0.05, 0.1) is 10.6 Å². The van der Waals surface area contributed by atoms with Gasteiger partial charge in [0.2, 0.25) is 0 Å². The molecule has 0 saturated carbocycles. The quantitative estimate of drug-likeness (QED) is 0.248. The molecule has 0 aliphatic heterocycles. The fourth-order valence-corrected chi connectivity index (χ4v) is 2.88. The third kappa shape index (κ3) is 3.63. The number of aromatic nitrogens is 2. The van der Waals surface area contributed by atoms with Crippen molar-refractivity contribution in [3.8, 4) is 5.69 Å². The number of carbonyl (C=O) groups is 1. The second kappa shape index (κ2) is 6.58. The number of non-ortho nitro benzene ring substituents is 1. The zero-order valence-corrected chi connectivity index (χ0v) is 13.5. The molecule has 0 fully saturated rings. The highest BCUT2D eigenvalue weighted by Gasteiger charge is 2.23. The number of nitro groups is 1. The molecular formula is C13H13N5O5S. The lowest BCUT2D eigenvalue weighted by Gasteiger charge is -2.09. The van der Waals surface area contributed by atoms with Crippen LogP contribution in [0.1, 0.15) is 10.5 Å². The van der Waals surface area contributed by atoms with Gasteiger partial charge in [-0.3, -0.25) is 14.9 Å². The van der Waals surface area contributed by atoms with Crippen LogP contribution in [0.25, 0.3) is 5.69 Å². The lowest BCUT2D eigenvalue weighted by Crippen LogP contribution is -2.12. The minimum absolute atomic E-state index is 0.0459. The first-order chi connectivity index (χ1) is 11.2. The molecular weight excluding hydrogens is 338 g/mol. The minimum Gasteiger partial charge on any atom is -0.368 e. The van der Waals surface area contributed by atoms with E-state index in [9.17, 15) is 23.3 Å². The molecule has 10 nitrogen and oxygen atoms in total. The second-order valence-electron chi connectivity index (χ2n) is 4.87. The number of benzene rings is 1. The van der Waals surface area contributed by atoms with E-state index in [0.717, 1.165) is 23.2 Å². The van der Waals surface area contributed by atoms with Crippen molar-refractivity contribution in [2.45, 2.75) is 4.90 Å². The molecule has 0 radical (unpaired) electrons. The summed E-state index contributed by atoms with van der Waals surface area (Å²) in [5, 5.41) is 14.8. The summed E-state index contributed by atoms with van der Waals surface area (Å²) < 4.78 is 29.5. The molecule has 1 aromatic carbocycles. The summed E-state index contributed by atoms with van der Waals surface area (Å²) in [4.78, 5) is 22.0. The molecule has 0 amide bonds. The summed E-state index contributed by atoms with van der Waals surface area (Å²) in [6, 6.07) is 4.66. The molecule has 2 aromatic rings. The van der Waals surface area contributed by atoms with Crippen molar-refractivity contribution in [2.24, 2.45) is 4.40 Å². The van der Waals surface area contributed by atoms with Crippen LogP contribution in [-0.2, 0) is 10.0 Å². The maximum absolute atomic E-state index is 12.4. The first-order valence-corrected chi connectivity index (χ1v) is 7.95. The number of sulfonamides is 1. The van der Waals surface area contributed by atoms with Gasteiger partial charge in [0, 0.05) is 32.4 Å². The van der Waals surface area contributed by atoms with E-state index in [-0.39, 0.29) is 11.4 Å². The number of hydrogen-bond donors (Lipinski definition) is 0. The zero-order valence-electron chi connectivity index (χ0n) is 12.7. The van der Waals surface area contributed by atoms with Crippen molar-refractivity contribution < 1.29 is 18.1 Å². The van der Waals surface area contributed by atoms with E-state index in [2.05, 4.69) is 9.50 Å². The van der Waals surface area contributed by atoms with Crippen molar-refractivity contribution in [1.82, 2.24) is 14.7 Å². The number of nitro benzene ring substituents is 1. The molecule has 0 unspecified atom stereocenters. The molecule has 11 heteroatoms. The summed E-state index contributed by atoms with van der Waals surface area (Å²) in [5.41, 5.74) is -0.266. The van der Waals surface area contributed by atoms with Crippen LogP contribution in [0.5, 0.6) is 0 Å². The summed E-state index contributed by atoms with van der Waals surface area (Å²) in [7, 11) is -1.05. The summed E-state index contributed by atoms with van der Waals surface area (Å²) in [6.07, 6.45) is 2.94. The molecule has 0 saturated heterocycles. The van der Waals surface area contributed by atoms with Gasteiger partial charge in [-0.15, -0.1) is 4.40 Å². The highest BCUT2D eigenvalue weighted by molar-refractivity contribution is 7.90. The third-order valence-corrected chi connectivity index (χ3v) is 4.08. The normalized spacial score (nSPS) is 11.6. The highest BCUT2D eigenvalue weighted by atomic mass is 32.2. The molecule has 0 atom stereocenters. The lowest BCUT2D eigenvalue weighted by molar-refractivity contribution is -0.385. The SMILES string of the molecule is CN(C)/C=N/S(=O)(=O)c1cc([N+](=O)[O-])ccc1-n1ccc(C=O)n1. The topological polar surface area (TPSA) is 128 Å². The Bertz CT molecular complexity index is 917. The Labute approximate surface area is 137 Å². The van der Waals surface area contributed by atoms with Gasteiger partial charge in [0.1, 0.15) is 16.9 Å². The van der Waals surface area contributed by atoms with Gasteiger partial charge >= 0.3 is 0 Å². The first kappa shape index (κ1) is 17.3. The molecule has 0 aliphatic rings. The number of carbonyl (C=O) groups excluding carboxylic acids is 1. The van der Waals surface area contributed by atoms with Gasteiger partial charge < -0.3 is 4.90 Å². The molecule has 0 N–H and O–H groups in total. The van der Waals surface area contributed by atoms with Crippen LogP contribution >= 0.6 is 0 Å². The van der Waals surface area contributed by atoms with Gasteiger partial charge in [0.15, 0.2) is 6.29 Å². The number of nitrogens with zero attached hydrogens (tertiary/aromatic N) is 5.